The van der Waals surface area contributed by atoms with Gasteiger partial charge in [0.25, 0.3) is 5.89 Å². The summed E-state index contributed by atoms with van der Waals surface area (Å²) in [5.74, 6) is 1.92. The lowest BCUT2D eigenvalue weighted by Gasteiger charge is -2.04. The lowest BCUT2D eigenvalue weighted by Crippen LogP contribution is -1.84. The fraction of sp³-hybridized carbons (Fsp3) is 0.200. The molecule has 0 atom stereocenters. The Morgan fingerprint density at radius 1 is 1.19 bits per heavy atom. The second-order valence-electron chi connectivity index (χ2n) is 4.66. The van der Waals surface area contributed by atoms with Crippen molar-refractivity contribution in [2.75, 3.05) is 0 Å². The zero-order chi connectivity index (χ0) is 14.8. The Kier molecular flexibility index (Phi) is 4.47. The van der Waals surface area contributed by atoms with E-state index in [1.807, 2.05) is 12.1 Å². The van der Waals surface area contributed by atoms with E-state index < -0.39 is 0 Å². The highest BCUT2D eigenvalue weighted by atomic mass is 79.9. The first-order valence-corrected chi connectivity index (χ1v) is 8.99. The van der Waals surface area contributed by atoms with Crippen LogP contribution in [0.5, 0.6) is 0 Å². The molecule has 0 amide bonds. The Hall–Kier alpha value is -1.11. The highest BCUT2D eigenvalue weighted by molar-refractivity contribution is 9.11. The number of halogens is 1. The fourth-order valence-electron chi connectivity index (χ4n) is 1.94. The number of hydrogen-bond acceptors (Lipinski definition) is 5. The first-order chi connectivity index (χ1) is 10.1. The summed E-state index contributed by atoms with van der Waals surface area (Å²) in [7, 11) is 0. The second kappa shape index (κ2) is 6.34. The second-order valence-corrected chi connectivity index (χ2v) is 8.14. The van der Waals surface area contributed by atoms with E-state index in [0.29, 0.717) is 17.5 Å². The Labute approximate surface area is 139 Å². The number of benzene rings is 1. The van der Waals surface area contributed by atoms with E-state index in [2.05, 4.69) is 58.2 Å². The van der Waals surface area contributed by atoms with Crippen LogP contribution >= 0.6 is 39.0 Å². The summed E-state index contributed by atoms with van der Waals surface area (Å²) in [6.45, 7) is 4.22. The van der Waals surface area contributed by atoms with Crippen LogP contribution in [0.15, 0.2) is 43.4 Å². The van der Waals surface area contributed by atoms with Crippen molar-refractivity contribution >= 4 is 39.0 Å². The summed E-state index contributed by atoms with van der Waals surface area (Å²) in [5, 5.41) is 8.23. The molecule has 2 aromatic heterocycles. The van der Waals surface area contributed by atoms with Gasteiger partial charge in [0.15, 0.2) is 0 Å². The zero-order valence-corrected chi connectivity index (χ0v) is 14.8. The number of nitrogens with zero attached hydrogens (tertiary/aromatic N) is 2. The quantitative estimate of drug-likeness (QED) is 0.562. The summed E-state index contributed by atoms with van der Waals surface area (Å²) in [4.78, 5) is 2.23. The normalized spacial score (nSPS) is 11.0. The molecule has 0 aliphatic carbocycles. The highest BCUT2D eigenvalue weighted by Crippen LogP contribution is 2.31. The van der Waals surface area contributed by atoms with Gasteiger partial charge in [-0.15, -0.1) is 33.3 Å². The molecule has 0 fully saturated rings. The van der Waals surface area contributed by atoms with E-state index in [-0.39, 0.29) is 0 Å². The lowest BCUT2D eigenvalue weighted by atomic mass is 10.2. The predicted octanol–water partition coefficient (Wildman–Crippen LogP) is 5.47. The van der Waals surface area contributed by atoms with Gasteiger partial charge < -0.3 is 4.42 Å². The molecule has 0 saturated carbocycles. The van der Waals surface area contributed by atoms with Gasteiger partial charge in [-0.05, 0) is 53.5 Å². The number of rotatable bonds is 4. The van der Waals surface area contributed by atoms with Crippen LogP contribution in [0.25, 0.3) is 10.8 Å². The van der Waals surface area contributed by atoms with E-state index in [0.717, 1.165) is 8.66 Å². The molecule has 1 aromatic carbocycles. The summed E-state index contributed by atoms with van der Waals surface area (Å²) in [6.07, 6.45) is 0. The fourth-order valence-corrected chi connectivity index (χ4v) is 4.10. The molecule has 0 aliphatic rings. The molecular formula is C15H13BrN2OS2. The molecule has 3 nitrogen and oxygen atoms in total. The van der Waals surface area contributed by atoms with Gasteiger partial charge in [-0.2, -0.15) is 0 Å². The minimum atomic E-state index is 0.585. The maximum atomic E-state index is 5.71. The van der Waals surface area contributed by atoms with Gasteiger partial charge in [0.2, 0.25) is 5.89 Å². The molecule has 2 heterocycles. The highest BCUT2D eigenvalue weighted by Gasteiger charge is 2.11. The van der Waals surface area contributed by atoms with Gasteiger partial charge in [0.05, 0.1) is 14.4 Å². The van der Waals surface area contributed by atoms with Gasteiger partial charge in [-0.1, -0.05) is 17.7 Å². The van der Waals surface area contributed by atoms with Crippen LogP contribution in [0.2, 0.25) is 0 Å². The third-order valence-corrected chi connectivity index (χ3v) is 5.70. The molecule has 0 aliphatic heterocycles. The third-order valence-electron chi connectivity index (χ3n) is 2.93. The minimum Gasteiger partial charge on any atom is -0.419 e. The van der Waals surface area contributed by atoms with Crippen molar-refractivity contribution < 1.29 is 4.42 Å². The Morgan fingerprint density at radius 2 is 2.05 bits per heavy atom. The lowest BCUT2D eigenvalue weighted by molar-refractivity contribution is 0.529. The third kappa shape index (κ3) is 3.56. The number of aryl methyl sites for hydroxylation is 2. The van der Waals surface area contributed by atoms with E-state index in [9.17, 15) is 0 Å². The maximum absolute atomic E-state index is 5.71. The monoisotopic (exact) mass is 380 g/mol. The smallest absolute Gasteiger partial charge is 0.257 e. The number of hydrogen-bond donors (Lipinski definition) is 0. The molecule has 0 spiro atoms. The molecular weight excluding hydrogens is 368 g/mol. The van der Waals surface area contributed by atoms with Crippen LogP contribution in [0.4, 0.5) is 0 Å². The van der Waals surface area contributed by atoms with Crippen LogP contribution in [0.1, 0.15) is 17.0 Å². The molecule has 0 unspecified atom stereocenters. The van der Waals surface area contributed by atoms with Crippen LogP contribution in [0, 0.1) is 13.8 Å². The summed E-state index contributed by atoms with van der Waals surface area (Å²) >= 11 is 6.74. The number of thioether (sulfide) groups is 1. The first kappa shape index (κ1) is 14.8. The molecule has 0 saturated heterocycles. The Morgan fingerprint density at radius 3 is 2.76 bits per heavy atom. The van der Waals surface area contributed by atoms with Gasteiger partial charge >= 0.3 is 0 Å². The number of aromatic nitrogens is 2. The Balaban J connectivity index is 1.70. The van der Waals surface area contributed by atoms with Crippen molar-refractivity contribution in [1.29, 1.82) is 0 Å². The molecule has 0 radical (unpaired) electrons. The van der Waals surface area contributed by atoms with Crippen molar-refractivity contribution in [2.24, 2.45) is 0 Å². The summed E-state index contributed by atoms with van der Waals surface area (Å²) in [5.41, 5.74) is 2.56. The van der Waals surface area contributed by atoms with E-state index in [1.54, 1.807) is 23.1 Å². The summed E-state index contributed by atoms with van der Waals surface area (Å²) in [6, 6.07) is 10.4. The molecule has 0 N–H and O–H groups in total. The molecule has 21 heavy (non-hydrogen) atoms. The topological polar surface area (TPSA) is 38.9 Å². The summed E-state index contributed by atoms with van der Waals surface area (Å²) < 4.78 is 6.77. The van der Waals surface area contributed by atoms with E-state index in [1.165, 1.54) is 16.0 Å². The molecule has 0 bridgehead atoms. The first-order valence-electron chi connectivity index (χ1n) is 6.40. The van der Waals surface area contributed by atoms with Crippen LogP contribution < -0.4 is 0 Å². The molecule has 3 rings (SSSR count). The Bertz CT molecular complexity index is 767. The standard InChI is InChI=1S/C15H13BrN2OS2/c1-9-3-4-11(10(2)7-9)20-8-14-17-18-15(19-14)12-5-6-13(16)21-12/h3-7H,8H2,1-2H3. The van der Waals surface area contributed by atoms with Gasteiger partial charge in [0.1, 0.15) is 0 Å². The van der Waals surface area contributed by atoms with Gasteiger partial charge in [0, 0.05) is 4.90 Å². The van der Waals surface area contributed by atoms with E-state index in [4.69, 9.17) is 4.42 Å². The van der Waals surface area contributed by atoms with E-state index >= 15 is 0 Å². The van der Waals surface area contributed by atoms with Gasteiger partial charge in [-0.3, -0.25) is 0 Å². The van der Waals surface area contributed by atoms with Crippen molar-refractivity contribution in [3.63, 3.8) is 0 Å². The van der Waals surface area contributed by atoms with Gasteiger partial charge in [-0.25, -0.2) is 0 Å². The predicted molar refractivity (Wildman–Crippen MR) is 90.8 cm³/mol. The SMILES string of the molecule is Cc1ccc(SCc2nnc(-c3ccc(Br)s3)o2)c(C)c1. The zero-order valence-electron chi connectivity index (χ0n) is 11.6. The van der Waals surface area contributed by atoms with Crippen molar-refractivity contribution in [3.8, 4) is 10.8 Å². The van der Waals surface area contributed by atoms with Crippen molar-refractivity contribution in [3.05, 3.63) is 51.1 Å². The minimum absolute atomic E-state index is 0.585. The van der Waals surface area contributed by atoms with Crippen molar-refractivity contribution in [2.45, 2.75) is 24.5 Å². The molecule has 108 valence electrons. The molecule has 3 aromatic rings. The maximum Gasteiger partial charge on any atom is 0.257 e. The average molecular weight is 381 g/mol. The van der Waals surface area contributed by atoms with Crippen LogP contribution in [-0.2, 0) is 5.75 Å². The van der Waals surface area contributed by atoms with Crippen LogP contribution in [0.3, 0.4) is 0 Å². The largest absolute Gasteiger partial charge is 0.419 e. The molecule has 6 heteroatoms. The average Bonchev–Trinajstić information content (AvgIpc) is 3.06. The van der Waals surface area contributed by atoms with Crippen LogP contribution in [-0.4, -0.2) is 10.2 Å². The van der Waals surface area contributed by atoms with Crippen molar-refractivity contribution in [1.82, 2.24) is 10.2 Å². The number of thiophene rings is 1.